The molecular weight excluding hydrogens is 432 g/mol. The molecule has 1 aliphatic heterocycles. The summed E-state index contributed by atoms with van der Waals surface area (Å²) in [7, 11) is 5.80. The molecule has 4 aromatic rings. The van der Waals surface area contributed by atoms with Crippen LogP contribution in [0.4, 0.5) is 11.5 Å². The zero-order valence-corrected chi connectivity index (χ0v) is 20.6. The molecule has 5 heteroatoms. The molecule has 0 bridgehead atoms. The molecule has 0 N–H and O–H groups in total. The number of nitrogens with zero attached hydrogens (tertiary/aromatic N) is 4. The van der Waals surface area contributed by atoms with Crippen LogP contribution in [-0.4, -0.2) is 31.9 Å². The van der Waals surface area contributed by atoms with Gasteiger partial charge < -0.3 is 9.64 Å². The van der Waals surface area contributed by atoms with E-state index in [2.05, 4.69) is 91.6 Å². The fourth-order valence-electron chi connectivity index (χ4n) is 4.46. The molecule has 0 radical (unpaired) electrons. The second-order valence-electron chi connectivity index (χ2n) is 9.06. The van der Waals surface area contributed by atoms with E-state index in [0.29, 0.717) is 0 Å². The summed E-state index contributed by atoms with van der Waals surface area (Å²) in [4.78, 5) is 7.10. The standard InChI is InChI=1S/C30H30N4O/c1-21-19-30(31-28-8-6-5-7-27(21)28)34-29(23-12-15-25(16-13-23)33(2)3)20-24(32-34)14-9-22-10-17-26(35-4)18-11-22/h5-19,29H,20H2,1-4H3. The van der Waals surface area contributed by atoms with Gasteiger partial charge in [-0.2, -0.15) is 5.10 Å². The van der Waals surface area contributed by atoms with E-state index in [1.165, 1.54) is 22.2 Å². The highest BCUT2D eigenvalue weighted by molar-refractivity contribution is 6.01. The maximum absolute atomic E-state index is 5.27. The van der Waals surface area contributed by atoms with Gasteiger partial charge in [0.15, 0.2) is 0 Å². The van der Waals surface area contributed by atoms with E-state index in [1.54, 1.807) is 7.11 Å². The van der Waals surface area contributed by atoms with Crippen LogP contribution in [0.15, 0.2) is 90.0 Å². The number of pyridine rings is 1. The smallest absolute Gasteiger partial charge is 0.150 e. The van der Waals surface area contributed by atoms with E-state index < -0.39 is 0 Å². The van der Waals surface area contributed by atoms with Crippen LogP contribution in [0, 0.1) is 6.92 Å². The number of anilines is 2. The summed E-state index contributed by atoms with van der Waals surface area (Å²) in [5, 5.41) is 8.29. The summed E-state index contributed by atoms with van der Waals surface area (Å²) < 4.78 is 5.27. The SMILES string of the molecule is COc1ccc(C=CC2=NN(c3cc(C)c4ccccc4n3)C(c3ccc(N(C)C)cc3)C2)cc1. The average Bonchev–Trinajstić information content (AvgIpc) is 3.32. The number of rotatable bonds is 6. The van der Waals surface area contributed by atoms with Gasteiger partial charge in [0.2, 0.25) is 0 Å². The van der Waals surface area contributed by atoms with Gasteiger partial charge in [0.25, 0.3) is 0 Å². The quantitative estimate of drug-likeness (QED) is 0.322. The third kappa shape index (κ3) is 4.76. The largest absolute Gasteiger partial charge is 0.497 e. The molecule has 2 heterocycles. The first-order chi connectivity index (χ1) is 17.0. The molecule has 0 saturated heterocycles. The van der Waals surface area contributed by atoms with Crippen molar-refractivity contribution in [2.24, 2.45) is 5.10 Å². The van der Waals surface area contributed by atoms with E-state index in [1.807, 2.05) is 30.3 Å². The molecule has 5 rings (SSSR count). The minimum absolute atomic E-state index is 0.0785. The lowest BCUT2D eigenvalue weighted by Crippen LogP contribution is -2.20. The molecule has 0 saturated carbocycles. The van der Waals surface area contributed by atoms with E-state index in [9.17, 15) is 0 Å². The topological polar surface area (TPSA) is 41.0 Å². The summed E-state index contributed by atoms with van der Waals surface area (Å²) in [5.74, 6) is 1.72. The van der Waals surface area contributed by atoms with Crippen molar-refractivity contribution in [2.45, 2.75) is 19.4 Å². The Hall–Kier alpha value is -4.12. The molecule has 1 unspecified atom stereocenters. The normalized spacial score (nSPS) is 15.6. The van der Waals surface area contributed by atoms with Crippen molar-refractivity contribution in [3.8, 4) is 5.75 Å². The summed E-state index contributed by atoms with van der Waals surface area (Å²) >= 11 is 0. The zero-order chi connectivity index (χ0) is 24.4. The lowest BCUT2D eigenvalue weighted by molar-refractivity contribution is 0.415. The van der Waals surface area contributed by atoms with Crippen molar-refractivity contribution in [1.29, 1.82) is 0 Å². The van der Waals surface area contributed by atoms with Crippen molar-refractivity contribution < 1.29 is 4.74 Å². The Bertz CT molecular complexity index is 1390. The Morgan fingerprint density at radius 1 is 0.943 bits per heavy atom. The third-order valence-electron chi connectivity index (χ3n) is 6.46. The van der Waals surface area contributed by atoms with Crippen LogP contribution in [0.25, 0.3) is 17.0 Å². The summed E-state index contributed by atoms with van der Waals surface area (Å²) in [6.07, 6.45) is 5.02. The van der Waals surface area contributed by atoms with Gasteiger partial charge >= 0.3 is 0 Å². The number of fused-ring (bicyclic) bond motifs is 1. The van der Waals surface area contributed by atoms with Crippen LogP contribution in [0.5, 0.6) is 5.75 Å². The molecule has 1 aromatic heterocycles. The van der Waals surface area contributed by atoms with Crippen molar-refractivity contribution in [1.82, 2.24) is 4.98 Å². The number of benzene rings is 3. The number of hydrogen-bond acceptors (Lipinski definition) is 5. The van der Waals surface area contributed by atoms with Crippen molar-refractivity contribution in [3.63, 3.8) is 0 Å². The second-order valence-corrected chi connectivity index (χ2v) is 9.06. The summed E-state index contributed by atoms with van der Waals surface area (Å²) in [6.45, 7) is 2.14. The molecular formula is C30H30N4O. The van der Waals surface area contributed by atoms with Gasteiger partial charge in [0.1, 0.15) is 11.6 Å². The first-order valence-electron chi connectivity index (χ1n) is 11.8. The Balaban J connectivity index is 1.51. The Morgan fingerprint density at radius 2 is 1.69 bits per heavy atom. The second kappa shape index (κ2) is 9.63. The van der Waals surface area contributed by atoms with Crippen LogP contribution < -0.4 is 14.6 Å². The number of hydrogen-bond donors (Lipinski definition) is 0. The van der Waals surface area contributed by atoms with E-state index >= 15 is 0 Å². The van der Waals surface area contributed by atoms with Crippen LogP contribution in [-0.2, 0) is 0 Å². The van der Waals surface area contributed by atoms with Crippen LogP contribution in [0.3, 0.4) is 0 Å². The number of allylic oxidation sites excluding steroid dienone is 1. The highest BCUT2D eigenvalue weighted by Gasteiger charge is 2.29. The minimum Gasteiger partial charge on any atom is -0.497 e. The molecule has 0 fully saturated rings. The fourth-order valence-corrected chi connectivity index (χ4v) is 4.46. The maximum atomic E-state index is 5.27. The zero-order valence-electron chi connectivity index (χ0n) is 20.6. The first kappa shape index (κ1) is 22.7. The average molecular weight is 463 g/mol. The highest BCUT2D eigenvalue weighted by atomic mass is 16.5. The van der Waals surface area contributed by atoms with Crippen molar-refractivity contribution in [2.75, 3.05) is 31.1 Å². The third-order valence-corrected chi connectivity index (χ3v) is 6.46. The number of methoxy groups -OCH3 is 1. The molecule has 1 aliphatic rings. The number of ether oxygens (including phenoxy) is 1. The number of aromatic nitrogens is 1. The van der Waals surface area contributed by atoms with Crippen molar-refractivity contribution >= 4 is 34.2 Å². The van der Waals surface area contributed by atoms with Gasteiger partial charge in [0, 0.05) is 31.6 Å². The molecule has 3 aromatic carbocycles. The Morgan fingerprint density at radius 3 is 2.40 bits per heavy atom. The van der Waals surface area contributed by atoms with Crippen molar-refractivity contribution in [3.05, 3.63) is 102 Å². The molecule has 0 amide bonds. The molecule has 176 valence electrons. The van der Waals surface area contributed by atoms with Gasteiger partial charge in [-0.15, -0.1) is 0 Å². The van der Waals surface area contributed by atoms with E-state index in [-0.39, 0.29) is 6.04 Å². The molecule has 0 spiro atoms. The number of aryl methyl sites for hydroxylation is 1. The summed E-state index contributed by atoms with van der Waals surface area (Å²) in [6, 6.07) is 27.3. The Labute approximate surface area is 207 Å². The van der Waals surface area contributed by atoms with Crippen LogP contribution >= 0.6 is 0 Å². The Kier molecular flexibility index (Phi) is 6.23. The number of para-hydroxylation sites is 1. The lowest BCUT2D eigenvalue weighted by atomic mass is 10.0. The monoisotopic (exact) mass is 462 g/mol. The maximum Gasteiger partial charge on any atom is 0.150 e. The fraction of sp³-hybridized carbons (Fsp3) is 0.200. The summed E-state index contributed by atoms with van der Waals surface area (Å²) in [5.41, 5.74) is 6.72. The molecule has 0 aliphatic carbocycles. The van der Waals surface area contributed by atoms with Gasteiger partial charge in [-0.3, -0.25) is 0 Å². The molecule has 1 atom stereocenters. The van der Waals surface area contributed by atoms with Gasteiger partial charge in [0.05, 0.1) is 24.4 Å². The van der Waals surface area contributed by atoms with E-state index in [0.717, 1.165) is 34.8 Å². The van der Waals surface area contributed by atoms with Crippen LogP contribution in [0.1, 0.15) is 29.2 Å². The predicted octanol–water partition coefficient (Wildman–Crippen LogP) is 6.64. The lowest BCUT2D eigenvalue weighted by Gasteiger charge is -2.24. The number of hydrazone groups is 1. The van der Waals surface area contributed by atoms with Crippen LogP contribution in [0.2, 0.25) is 0 Å². The van der Waals surface area contributed by atoms with Gasteiger partial charge in [-0.25, -0.2) is 9.99 Å². The highest BCUT2D eigenvalue weighted by Crippen LogP contribution is 2.36. The predicted molar refractivity (Wildman–Crippen MR) is 147 cm³/mol. The van der Waals surface area contributed by atoms with E-state index in [4.69, 9.17) is 14.8 Å². The minimum atomic E-state index is 0.0785. The molecule has 35 heavy (non-hydrogen) atoms. The van der Waals surface area contributed by atoms with Gasteiger partial charge in [-0.1, -0.05) is 48.5 Å². The molecule has 5 nitrogen and oxygen atoms in total. The first-order valence-corrected chi connectivity index (χ1v) is 11.8. The van der Waals surface area contributed by atoms with Gasteiger partial charge in [-0.05, 0) is 66.1 Å².